The molecule has 1 aliphatic heterocycles. The predicted octanol–water partition coefficient (Wildman–Crippen LogP) is 2.78. The van der Waals surface area contributed by atoms with Gasteiger partial charge < -0.3 is 20.5 Å². The van der Waals surface area contributed by atoms with E-state index >= 15 is 0 Å². The standard InChI is InChI=1S/C17H20N2O3S/c1-17(21,15-7-4-10-23-15)11-18-16(20)19-13-8-9-22-14-6-3-2-5-12(13)14/h2-7,10,13,21H,8-9,11H2,1H3,(H2,18,19,20)/t13-,17-/m0/s1. The second kappa shape index (κ2) is 6.60. The number of rotatable bonds is 4. The van der Waals surface area contributed by atoms with E-state index in [1.165, 1.54) is 11.3 Å². The first-order valence-corrected chi connectivity index (χ1v) is 8.47. The number of benzene rings is 1. The number of ether oxygens (including phenoxy) is 1. The van der Waals surface area contributed by atoms with Crippen LogP contribution in [0, 0.1) is 0 Å². The molecule has 0 unspecified atom stereocenters. The van der Waals surface area contributed by atoms with Crippen molar-refractivity contribution in [1.82, 2.24) is 10.6 Å². The summed E-state index contributed by atoms with van der Waals surface area (Å²) < 4.78 is 5.59. The van der Waals surface area contributed by atoms with Crippen LogP contribution in [0.1, 0.15) is 29.8 Å². The minimum Gasteiger partial charge on any atom is -0.493 e. The normalized spacial score (nSPS) is 19.1. The zero-order valence-electron chi connectivity index (χ0n) is 12.9. The molecule has 122 valence electrons. The Morgan fingerprint density at radius 3 is 3.00 bits per heavy atom. The van der Waals surface area contributed by atoms with Crippen LogP contribution in [0.2, 0.25) is 0 Å². The van der Waals surface area contributed by atoms with Crippen molar-refractivity contribution in [2.24, 2.45) is 0 Å². The van der Waals surface area contributed by atoms with Crippen molar-refractivity contribution in [2.45, 2.75) is 25.0 Å². The first-order valence-electron chi connectivity index (χ1n) is 7.59. The van der Waals surface area contributed by atoms with E-state index in [0.29, 0.717) is 6.61 Å². The molecule has 0 spiro atoms. The first kappa shape index (κ1) is 15.8. The molecule has 23 heavy (non-hydrogen) atoms. The fourth-order valence-corrected chi connectivity index (χ4v) is 3.41. The van der Waals surface area contributed by atoms with Crippen LogP contribution < -0.4 is 15.4 Å². The van der Waals surface area contributed by atoms with E-state index in [1.54, 1.807) is 6.92 Å². The monoisotopic (exact) mass is 332 g/mol. The summed E-state index contributed by atoms with van der Waals surface area (Å²) in [6, 6.07) is 11.1. The van der Waals surface area contributed by atoms with Gasteiger partial charge in [0.25, 0.3) is 0 Å². The lowest BCUT2D eigenvalue weighted by Gasteiger charge is -2.28. The number of amides is 2. The Kier molecular flexibility index (Phi) is 4.54. The van der Waals surface area contributed by atoms with Crippen molar-refractivity contribution in [3.63, 3.8) is 0 Å². The average molecular weight is 332 g/mol. The molecule has 0 saturated heterocycles. The Morgan fingerprint density at radius 2 is 2.22 bits per heavy atom. The van der Waals surface area contributed by atoms with Gasteiger partial charge in [-0.3, -0.25) is 0 Å². The SMILES string of the molecule is C[C@](O)(CNC(=O)N[C@H]1CCOc2ccccc21)c1cccs1. The maximum Gasteiger partial charge on any atom is 0.315 e. The summed E-state index contributed by atoms with van der Waals surface area (Å²) in [5.74, 6) is 0.814. The summed E-state index contributed by atoms with van der Waals surface area (Å²) in [6.45, 7) is 2.43. The van der Waals surface area contributed by atoms with Gasteiger partial charge in [0.1, 0.15) is 11.4 Å². The molecule has 1 aliphatic rings. The number of aliphatic hydroxyl groups is 1. The molecule has 0 bridgehead atoms. The van der Waals surface area contributed by atoms with E-state index in [1.807, 2.05) is 41.8 Å². The van der Waals surface area contributed by atoms with Crippen molar-refractivity contribution < 1.29 is 14.6 Å². The van der Waals surface area contributed by atoms with Crippen LogP contribution in [0.15, 0.2) is 41.8 Å². The summed E-state index contributed by atoms with van der Waals surface area (Å²) in [6.07, 6.45) is 0.728. The average Bonchev–Trinajstić information content (AvgIpc) is 3.09. The third-order valence-corrected chi connectivity index (χ3v) is 5.03. The van der Waals surface area contributed by atoms with Gasteiger partial charge in [-0.05, 0) is 24.4 Å². The Hall–Kier alpha value is -2.05. The molecule has 5 nitrogen and oxygen atoms in total. The largest absolute Gasteiger partial charge is 0.493 e. The third-order valence-electron chi connectivity index (χ3n) is 3.91. The molecule has 6 heteroatoms. The maximum absolute atomic E-state index is 12.2. The van der Waals surface area contributed by atoms with Crippen LogP contribution in [0.3, 0.4) is 0 Å². The quantitative estimate of drug-likeness (QED) is 0.806. The Labute approximate surface area is 139 Å². The Morgan fingerprint density at radius 1 is 1.39 bits per heavy atom. The van der Waals surface area contributed by atoms with Crippen LogP contribution >= 0.6 is 11.3 Å². The van der Waals surface area contributed by atoms with E-state index in [4.69, 9.17) is 4.74 Å². The lowest BCUT2D eigenvalue weighted by molar-refractivity contribution is 0.0629. The summed E-state index contributed by atoms with van der Waals surface area (Å²) in [4.78, 5) is 13.0. The van der Waals surface area contributed by atoms with Crippen LogP contribution in [0.5, 0.6) is 5.75 Å². The highest BCUT2D eigenvalue weighted by Gasteiger charge is 2.26. The van der Waals surface area contributed by atoms with Gasteiger partial charge in [0.2, 0.25) is 0 Å². The number of hydrogen-bond acceptors (Lipinski definition) is 4. The van der Waals surface area contributed by atoms with Crippen molar-refractivity contribution in [3.05, 3.63) is 52.2 Å². The predicted molar refractivity (Wildman–Crippen MR) is 89.7 cm³/mol. The molecule has 1 aromatic carbocycles. The van der Waals surface area contributed by atoms with Crippen LogP contribution in [-0.2, 0) is 5.60 Å². The van der Waals surface area contributed by atoms with Crippen LogP contribution in [0.4, 0.5) is 4.79 Å². The van der Waals surface area contributed by atoms with Crippen LogP contribution in [0.25, 0.3) is 0 Å². The van der Waals surface area contributed by atoms with Crippen molar-refractivity contribution >= 4 is 17.4 Å². The van der Waals surface area contributed by atoms with Crippen molar-refractivity contribution in [1.29, 1.82) is 0 Å². The lowest BCUT2D eigenvalue weighted by Crippen LogP contribution is -2.45. The molecule has 2 heterocycles. The smallest absolute Gasteiger partial charge is 0.315 e. The van der Waals surface area contributed by atoms with E-state index in [-0.39, 0.29) is 18.6 Å². The first-order chi connectivity index (χ1) is 11.1. The molecular formula is C17H20N2O3S. The van der Waals surface area contributed by atoms with Gasteiger partial charge in [-0.25, -0.2) is 4.79 Å². The number of fused-ring (bicyclic) bond motifs is 1. The fourth-order valence-electron chi connectivity index (χ4n) is 2.63. The van der Waals surface area contributed by atoms with Crippen molar-refractivity contribution in [2.75, 3.05) is 13.2 Å². The number of thiophene rings is 1. The molecule has 0 saturated carbocycles. The van der Waals surface area contributed by atoms with E-state index in [9.17, 15) is 9.90 Å². The summed E-state index contributed by atoms with van der Waals surface area (Å²) in [7, 11) is 0. The van der Waals surface area contributed by atoms with E-state index < -0.39 is 5.60 Å². The number of carbonyl (C=O) groups excluding carboxylic acids is 1. The summed E-state index contributed by atoms with van der Waals surface area (Å²) >= 11 is 1.47. The minimum absolute atomic E-state index is 0.0772. The lowest BCUT2D eigenvalue weighted by atomic mass is 10.0. The number of carbonyl (C=O) groups is 1. The second-order valence-electron chi connectivity index (χ2n) is 5.81. The van der Waals surface area contributed by atoms with Gasteiger partial charge in [0.15, 0.2) is 0 Å². The molecule has 0 aliphatic carbocycles. The second-order valence-corrected chi connectivity index (χ2v) is 6.75. The third kappa shape index (κ3) is 3.65. The van der Waals surface area contributed by atoms with Gasteiger partial charge in [-0.2, -0.15) is 0 Å². The summed E-state index contributed by atoms with van der Waals surface area (Å²) in [5, 5.41) is 18.1. The molecule has 3 rings (SSSR count). The zero-order chi connectivity index (χ0) is 16.3. The Balaban J connectivity index is 1.58. The van der Waals surface area contributed by atoms with E-state index in [2.05, 4.69) is 10.6 Å². The number of para-hydroxylation sites is 1. The molecule has 1 aromatic heterocycles. The van der Waals surface area contributed by atoms with Gasteiger partial charge in [0.05, 0.1) is 19.2 Å². The highest BCUT2D eigenvalue weighted by Crippen LogP contribution is 2.31. The van der Waals surface area contributed by atoms with Gasteiger partial charge in [-0.1, -0.05) is 24.3 Å². The van der Waals surface area contributed by atoms with Gasteiger partial charge in [0, 0.05) is 16.9 Å². The molecule has 2 aromatic rings. The minimum atomic E-state index is -1.07. The fraction of sp³-hybridized carbons (Fsp3) is 0.353. The molecular weight excluding hydrogens is 312 g/mol. The molecule has 0 fully saturated rings. The molecule has 0 radical (unpaired) electrons. The molecule has 3 N–H and O–H groups in total. The van der Waals surface area contributed by atoms with E-state index in [0.717, 1.165) is 22.6 Å². The number of urea groups is 1. The maximum atomic E-state index is 12.2. The highest BCUT2D eigenvalue weighted by molar-refractivity contribution is 7.10. The van der Waals surface area contributed by atoms with Crippen molar-refractivity contribution in [3.8, 4) is 5.75 Å². The number of hydrogen-bond donors (Lipinski definition) is 3. The molecule has 2 amide bonds. The van der Waals surface area contributed by atoms with Gasteiger partial charge in [-0.15, -0.1) is 11.3 Å². The van der Waals surface area contributed by atoms with Gasteiger partial charge >= 0.3 is 6.03 Å². The summed E-state index contributed by atoms with van der Waals surface area (Å²) in [5.41, 5.74) is -0.0852. The topological polar surface area (TPSA) is 70.6 Å². The zero-order valence-corrected chi connectivity index (χ0v) is 13.7. The Bertz CT molecular complexity index is 670. The number of nitrogens with one attached hydrogen (secondary N) is 2. The highest BCUT2D eigenvalue weighted by atomic mass is 32.1. The molecule has 2 atom stereocenters. The van der Waals surface area contributed by atoms with Crippen LogP contribution in [-0.4, -0.2) is 24.3 Å².